The summed E-state index contributed by atoms with van der Waals surface area (Å²) in [7, 11) is 0. The summed E-state index contributed by atoms with van der Waals surface area (Å²) in [4.78, 5) is 0. The lowest BCUT2D eigenvalue weighted by Crippen LogP contribution is -1.85. The number of rotatable bonds is 1. The normalized spacial score (nSPS) is 10.3. The minimum Gasteiger partial charge on any atom is -0.239 e. The summed E-state index contributed by atoms with van der Waals surface area (Å²) in [6, 6.07) is 5.96. The van der Waals surface area contributed by atoms with E-state index in [9.17, 15) is 0 Å². The third kappa shape index (κ3) is 1.60. The number of hydrogen-bond donors (Lipinski definition) is 1. The Morgan fingerprint density at radius 2 is 2.23 bits per heavy atom. The van der Waals surface area contributed by atoms with Crippen LogP contribution in [-0.2, 0) is 0 Å². The molecule has 1 N–H and O–H groups in total. The Kier molecular flexibility index (Phi) is 2.10. The third-order valence-corrected chi connectivity index (χ3v) is 2.28. The molecule has 13 heavy (non-hydrogen) atoms. The Morgan fingerprint density at radius 3 is 2.85 bits per heavy atom. The molecule has 0 aliphatic heterocycles. The van der Waals surface area contributed by atoms with Crippen LogP contribution in [0.4, 0.5) is 0 Å². The summed E-state index contributed by atoms with van der Waals surface area (Å²) < 4.78 is 1.06. The lowest BCUT2D eigenvalue weighted by molar-refractivity contribution is 0.881. The Labute approximate surface area is 83.5 Å². The van der Waals surface area contributed by atoms with Crippen LogP contribution >= 0.6 is 15.9 Å². The van der Waals surface area contributed by atoms with Gasteiger partial charge >= 0.3 is 0 Å². The van der Waals surface area contributed by atoms with Crippen molar-refractivity contribution in [1.29, 1.82) is 0 Å². The Morgan fingerprint density at radius 1 is 1.38 bits per heavy atom. The average molecular weight is 239 g/mol. The lowest BCUT2D eigenvalue weighted by atomic mass is 10.1. The summed E-state index contributed by atoms with van der Waals surface area (Å²) in [5.74, 6) is 0.699. The highest BCUT2D eigenvalue weighted by atomic mass is 79.9. The van der Waals surface area contributed by atoms with Gasteiger partial charge in [-0.3, -0.25) is 0 Å². The molecular weight excluding hydrogens is 232 g/mol. The van der Waals surface area contributed by atoms with Gasteiger partial charge in [0.1, 0.15) is 0 Å². The van der Waals surface area contributed by atoms with Gasteiger partial charge < -0.3 is 0 Å². The molecule has 2 rings (SSSR count). The Balaban J connectivity index is 2.53. The molecule has 0 atom stereocenters. The average Bonchev–Trinajstić information content (AvgIpc) is 2.56. The van der Waals surface area contributed by atoms with Gasteiger partial charge in [0.15, 0.2) is 5.82 Å². The van der Waals surface area contributed by atoms with Crippen LogP contribution in [0.1, 0.15) is 5.56 Å². The quantitative estimate of drug-likeness (QED) is 0.827. The van der Waals surface area contributed by atoms with Gasteiger partial charge in [0.2, 0.25) is 0 Å². The van der Waals surface area contributed by atoms with Crippen LogP contribution in [0.5, 0.6) is 0 Å². The molecule has 0 aliphatic rings. The molecule has 0 fully saturated rings. The minimum atomic E-state index is 0.699. The first kappa shape index (κ1) is 8.37. The second-order valence-corrected chi connectivity index (χ2v) is 3.62. The molecule has 1 aromatic carbocycles. The molecule has 4 nitrogen and oxygen atoms in total. The Hall–Kier alpha value is -1.23. The first-order valence-corrected chi connectivity index (χ1v) is 4.57. The SMILES string of the molecule is Cc1cc(Br)ccc1-c1nnn[nH]1. The van der Waals surface area contributed by atoms with Crippen molar-refractivity contribution >= 4 is 15.9 Å². The van der Waals surface area contributed by atoms with E-state index >= 15 is 0 Å². The van der Waals surface area contributed by atoms with Gasteiger partial charge in [0.25, 0.3) is 0 Å². The molecule has 5 heteroatoms. The number of hydrogen-bond acceptors (Lipinski definition) is 3. The minimum absolute atomic E-state index is 0.699. The molecular formula is C8H7BrN4. The van der Waals surface area contributed by atoms with Gasteiger partial charge in [-0.15, -0.1) is 5.10 Å². The smallest absolute Gasteiger partial charge is 0.179 e. The van der Waals surface area contributed by atoms with E-state index in [1.807, 2.05) is 25.1 Å². The number of halogens is 1. The van der Waals surface area contributed by atoms with Gasteiger partial charge in [-0.25, -0.2) is 5.10 Å². The number of nitrogens with zero attached hydrogens (tertiary/aromatic N) is 3. The van der Waals surface area contributed by atoms with Crippen molar-refractivity contribution in [3.05, 3.63) is 28.2 Å². The first-order chi connectivity index (χ1) is 6.27. The molecule has 0 bridgehead atoms. The molecule has 0 unspecified atom stereocenters. The topological polar surface area (TPSA) is 54.5 Å². The monoisotopic (exact) mass is 238 g/mol. The summed E-state index contributed by atoms with van der Waals surface area (Å²) in [5.41, 5.74) is 2.15. The molecule has 2 aromatic rings. The zero-order valence-corrected chi connectivity index (χ0v) is 8.54. The van der Waals surface area contributed by atoms with Crippen LogP contribution in [0.2, 0.25) is 0 Å². The maximum absolute atomic E-state index is 3.85. The maximum atomic E-state index is 3.85. The molecule has 0 amide bonds. The highest BCUT2D eigenvalue weighted by Crippen LogP contribution is 2.22. The van der Waals surface area contributed by atoms with Gasteiger partial charge in [0, 0.05) is 10.0 Å². The standard InChI is InChI=1S/C8H7BrN4/c1-5-4-6(9)2-3-7(5)8-10-12-13-11-8/h2-4H,1H3,(H,10,11,12,13). The zero-order valence-electron chi connectivity index (χ0n) is 6.95. The van der Waals surface area contributed by atoms with Gasteiger partial charge in [-0.05, 0) is 41.1 Å². The summed E-state index contributed by atoms with van der Waals surface area (Å²) >= 11 is 3.40. The summed E-state index contributed by atoms with van der Waals surface area (Å²) in [5, 5.41) is 13.6. The second-order valence-electron chi connectivity index (χ2n) is 2.71. The molecule has 0 saturated carbocycles. The van der Waals surface area contributed by atoms with Crippen molar-refractivity contribution in [1.82, 2.24) is 20.6 Å². The molecule has 1 heterocycles. The van der Waals surface area contributed by atoms with Crippen LogP contribution in [0.15, 0.2) is 22.7 Å². The van der Waals surface area contributed by atoms with Crippen molar-refractivity contribution in [2.45, 2.75) is 6.92 Å². The van der Waals surface area contributed by atoms with Crippen molar-refractivity contribution in [2.75, 3.05) is 0 Å². The number of nitrogens with one attached hydrogen (secondary N) is 1. The number of aromatic nitrogens is 4. The van der Waals surface area contributed by atoms with E-state index in [1.54, 1.807) is 0 Å². The van der Waals surface area contributed by atoms with E-state index in [4.69, 9.17) is 0 Å². The number of H-pyrrole nitrogens is 1. The van der Waals surface area contributed by atoms with Crippen molar-refractivity contribution in [2.24, 2.45) is 0 Å². The predicted molar refractivity (Wildman–Crippen MR) is 52.1 cm³/mol. The van der Waals surface area contributed by atoms with E-state index in [2.05, 4.69) is 36.6 Å². The van der Waals surface area contributed by atoms with Crippen LogP contribution in [0.3, 0.4) is 0 Å². The van der Waals surface area contributed by atoms with E-state index in [-0.39, 0.29) is 0 Å². The van der Waals surface area contributed by atoms with Gasteiger partial charge in [0.05, 0.1) is 0 Å². The number of aryl methyl sites for hydroxylation is 1. The summed E-state index contributed by atoms with van der Waals surface area (Å²) in [6.45, 7) is 2.02. The number of benzene rings is 1. The fourth-order valence-corrected chi connectivity index (χ4v) is 1.64. The zero-order chi connectivity index (χ0) is 9.26. The third-order valence-electron chi connectivity index (χ3n) is 1.79. The predicted octanol–water partition coefficient (Wildman–Crippen LogP) is 1.94. The van der Waals surface area contributed by atoms with Crippen molar-refractivity contribution in [3.8, 4) is 11.4 Å². The van der Waals surface area contributed by atoms with Crippen LogP contribution in [0, 0.1) is 6.92 Å². The van der Waals surface area contributed by atoms with E-state index < -0.39 is 0 Å². The molecule has 0 spiro atoms. The first-order valence-electron chi connectivity index (χ1n) is 3.77. The molecule has 66 valence electrons. The van der Waals surface area contributed by atoms with E-state index in [0.717, 1.165) is 15.6 Å². The highest BCUT2D eigenvalue weighted by molar-refractivity contribution is 9.10. The number of aromatic amines is 1. The maximum Gasteiger partial charge on any atom is 0.179 e. The van der Waals surface area contributed by atoms with Crippen molar-refractivity contribution in [3.63, 3.8) is 0 Å². The van der Waals surface area contributed by atoms with Gasteiger partial charge in [-0.2, -0.15) is 0 Å². The molecule has 0 radical (unpaired) electrons. The van der Waals surface area contributed by atoms with Gasteiger partial charge in [-0.1, -0.05) is 15.9 Å². The second kappa shape index (κ2) is 3.26. The van der Waals surface area contributed by atoms with Crippen LogP contribution < -0.4 is 0 Å². The van der Waals surface area contributed by atoms with Crippen molar-refractivity contribution < 1.29 is 0 Å². The lowest BCUT2D eigenvalue weighted by Gasteiger charge is -2.00. The fourth-order valence-electron chi connectivity index (χ4n) is 1.17. The van der Waals surface area contributed by atoms with E-state index in [0.29, 0.717) is 5.82 Å². The fraction of sp³-hybridized carbons (Fsp3) is 0.125. The largest absolute Gasteiger partial charge is 0.239 e. The Bertz CT molecular complexity index is 410. The van der Waals surface area contributed by atoms with Crippen LogP contribution in [-0.4, -0.2) is 20.6 Å². The highest BCUT2D eigenvalue weighted by Gasteiger charge is 2.04. The molecule has 1 aromatic heterocycles. The molecule has 0 aliphatic carbocycles. The summed E-state index contributed by atoms with van der Waals surface area (Å²) in [6.07, 6.45) is 0. The van der Waals surface area contributed by atoms with Crippen LogP contribution in [0.25, 0.3) is 11.4 Å². The molecule has 0 saturated heterocycles. The van der Waals surface area contributed by atoms with E-state index in [1.165, 1.54) is 0 Å². The number of tetrazole rings is 1.